The molecule has 0 aromatic heterocycles. The maximum Gasteiger partial charge on any atom is 0.0411 e. The van der Waals surface area contributed by atoms with Gasteiger partial charge in [-0.05, 0) is 45.0 Å². The van der Waals surface area contributed by atoms with Crippen molar-refractivity contribution in [3.05, 3.63) is 29.8 Å². The largest absolute Gasteiger partial charge is 0.371 e. The third kappa shape index (κ3) is 2.76. The predicted molar refractivity (Wildman–Crippen MR) is 69.9 cm³/mol. The van der Waals surface area contributed by atoms with Crippen molar-refractivity contribution in [3.63, 3.8) is 0 Å². The van der Waals surface area contributed by atoms with Crippen molar-refractivity contribution in [2.45, 2.75) is 25.8 Å². The maximum absolute atomic E-state index is 2.54. The summed E-state index contributed by atoms with van der Waals surface area (Å²) >= 11 is 0. The van der Waals surface area contributed by atoms with Crippen LogP contribution in [0.5, 0.6) is 0 Å². The van der Waals surface area contributed by atoms with Gasteiger partial charge in [-0.3, -0.25) is 0 Å². The highest BCUT2D eigenvalue weighted by molar-refractivity contribution is 5.53. The second-order valence-electron chi connectivity index (χ2n) is 4.91. The first-order valence-electron chi connectivity index (χ1n) is 6.25. The molecule has 1 aliphatic heterocycles. The summed E-state index contributed by atoms with van der Waals surface area (Å²) in [5, 5.41) is 0. The first-order valence-corrected chi connectivity index (χ1v) is 6.25. The Morgan fingerprint density at radius 3 is 2.44 bits per heavy atom. The Labute approximate surface area is 98.9 Å². The van der Waals surface area contributed by atoms with Gasteiger partial charge >= 0.3 is 0 Å². The van der Waals surface area contributed by atoms with Crippen LogP contribution in [0.15, 0.2) is 24.3 Å². The molecule has 1 fully saturated rings. The Morgan fingerprint density at radius 2 is 1.75 bits per heavy atom. The van der Waals surface area contributed by atoms with Crippen molar-refractivity contribution >= 4 is 5.69 Å². The Bertz CT molecular complexity index is 327. The number of hydrogen-bond acceptors (Lipinski definition) is 2. The van der Waals surface area contributed by atoms with Crippen molar-refractivity contribution < 1.29 is 0 Å². The van der Waals surface area contributed by atoms with Gasteiger partial charge in [0.05, 0.1) is 0 Å². The zero-order chi connectivity index (χ0) is 11.4. The van der Waals surface area contributed by atoms with Gasteiger partial charge in [-0.1, -0.05) is 18.2 Å². The van der Waals surface area contributed by atoms with E-state index in [0.29, 0.717) is 0 Å². The third-order valence-electron chi connectivity index (χ3n) is 3.17. The molecule has 1 heterocycles. The SMILES string of the molecule is CN(C)Cc1ccccc1N1CCCCC1. The number of hydrogen-bond donors (Lipinski definition) is 0. The molecule has 0 spiro atoms. The number of anilines is 1. The van der Waals surface area contributed by atoms with Crippen molar-refractivity contribution in [1.82, 2.24) is 4.90 Å². The van der Waals surface area contributed by atoms with Crippen LogP contribution in [0.2, 0.25) is 0 Å². The molecule has 1 aromatic rings. The zero-order valence-corrected chi connectivity index (χ0v) is 10.4. The molecule has 88 valence electrons. The molecule has 0 unspecified atom stereocenters. The lowest BCUT2D eigenvalue weighted by molar-refractivity contribution is 0.402. The van der Waals surface area contributed by atoms with Crippen LogP contribution in [-0.2, 0) is 6.54 Å². The summed E-state index contributed by atoms with van der Waals surface area (Å²) in [6.07, 6.45) is 4.08. The topological polar surface area (TPSA) is 6.48 Å². The molecule has 2 rings (SSSR count). The molecule has 1 saturated heterocycles. The molecule has 1 aliphatic rings. The molecule has 1 aromatic carbocycles. The summed E-state index contributed by atoms with van der Waals surface area (Å²) in [5.74, 6) is 0. The highest BCUT2D eigenvalue weighted by atomic mass is 15.1. The molecule has 0 N–H and O–H groups in total. The van der Waals surface area contributed by atoms with Crippen LogP contribution < -0.4 is 4.90 Å². The molecule has 0 amide bonds. The Morgan fingerprint density at radius 1 is 1.06 bits per heavy atom. The normalized spacial score (nSPS) is 16.8. The van der Waals surface area contributed by atoms with E-state index in [0.717, 1.165) is 6.54 Å². The van der Waals surface area contributed by atoms with Crippen molar-refractivity contribution in [2.75, 3.05) is 32.1 Å². The summed E-state index contributed by atoms with van der Waals surface area (Å²) in [6, 6.07) is 8.82. The van der Waals surface area contributed by atoms with Crippen LogP contribution >= 0.6 is 0 Å². The summed E-state index contributed by atoms with van der Waals surface area (Å²) < 4.78 is 0. The molecule has 16 heavy (non-hydrogen) atoms. The molecular formula is C14H22N2. The minimum absolute atomic E-state index is 1.03. The quantitative estimate of drug-likeness (QED) is 0.769. The van der Waals surface area contributed by atoms with Gasteiger partial charge in [0.1, 0.15) is 0 Å². The van der Waals surface area contributed by atoms with Gasteiger partial charge in [-0.15, -0.1) is 0 Å². The molecule has 0 saturated carbocycles. The van der Waals surface area contributed by atoms with Gasteiger partial charge in [-0.2, -0.15) is 0 Å². The predicted octanol–water partition coefficient (Wildman–Crippen LogP) is 2.74. The highest BCUT2D eigenvalue weighted by Gasteiger charge is 2.13. The summed E-state index contributed by atoms with van der Waals surface area (Å²) in [6.45, 7) is 3.49. The van der Waals surface area contributed by atoms with E-state index in [1.54, 1.807) is 0 Å². The summed E-state index contributed by atoms with van der Waals surface area (Å²) in [4.78, 5) is 4.78. The number of rotatable bonds is 3. The second-order valence-corrected chi connectivity index (χ2v) is 4.91. The minimum atomic E-state index is 1.03. The molecule has 0 atom stereocenters. The highest BCUT2D eigenvalue weighted by Crippen LogP contribution is 2.24. The van der Waals surface area contributed by atoms with Crippen LogP contribution in [0.25, 0.3) is 0 Å². The first kappa shape index (κ1) is 11.5. The average molecular weight is 218 g/mol. The number of benzene rings is 1. The van der Waals surface area contributed by atoms with Crippen LogP contribution in [0.3, 0.4) is 0 Å². The average Bonchev–Trinajstić information content (AvgIpc) is 2.30. The molecule has 2 nitrogen and oxygen atoms in total. The van der Waals surface area contributed by atoms with E-state index in [4.69, 9.17) is 0 Å². The zero-order valence-electron chi connectivity index (χ0n) is 10.4. The van der Waals surface area contributed by atoms with Crippen LogP contribution in [-0.4, -0.2) is 32.1 Å². The van der Waals surface area contributed by atoms with E-state index in [-0.39, 0.29) is 0 Å². The molecule has 0 bridgehead atoms. The van der Waals surface area contributed by atoms with Crippen molar-refractivity contribution in [1.29, 1.82) is 0 Å². The van der Waals surface area contributed by atoms with Crippen LogP contribution in [0.4, 0.5) is 5.69 Å². The summed E-state index contributed by atoms with van der Waals surface area (Å²) in [5.41, 5.74) is 2.89. The standard InChI is InChI=1S/C14H22N2/c1-15(2)12-13-8-4-5-9-14(13)16-10-6-3-7-11-16/h4-5,8-9H,3,6-7,10-12H2,1-2H3. The van der Waals surface area contributed by atoms with E-state index in [1.165, 1.54) is 43.6 Å². The van der Waals surface area contributed by atoms with Crippen molar-refractivity contribution in [2.24, 2.45) is 0 Å². The number of para-hydroxylation sites is 1. The van der Waals surface area contributed by atoms with Gasteiger partial charge in [-0.25, -0.2) is 0 Å². The number of piperidine rings is 1. The molecular weight excluding hydrogens is 196 g/mol. The van der Waals surface area contributed by atoms with E-state index in [2.05, 4.69) is 48.2 Å². The van der Waals surface area contributed by atoms with E-state index in [9.17, 15) is 0 Å². The monoisotopic (exact) mass is 218 g/mol. The maximum atomic E-state index is 2.54. The third-order valence-corrected chi connectivity index (χ3v) is 3.17. The molecule has 0 radical (unpaired) electrons. The van der Waals surface area contributed by atoms with Gasteiger partial charge < -0.3 is 9.80 Å². The fourth-order valence-corrected chi connectivity index (χ4v) is 2.43. The fourth-order valence-electron chi connectivity index (χ4n) is 2.43. The molecule has 2 heteroatoms. The summed E-state index contributed by atoms with van der Waals surface area (Å²) in [7, 11) is 4.26. The van der Waals surface area contributed by atoms with Gasteiger partial charge in [0, 0.05) is 25.3 Å². The van der Waals surface area contributed by atoms with Crippen molar-refractivity contribution in [3.8, 4) is 0 Å². The smallest absolute Gasteiger partial charge is 0.0411 e. The van der Waals surface area contributed by atoms with Crippen LogP contribution in [0.1, 0.15) is 24.8 Å². The first-order chi connectivity index (χ1) is 7.77. The lowest BCUT2D eigenvalue weighted by atomic mass is 10.1. The van der Waals surface area contributed by atoms with Gasteiger partial charge in [0.15, 0.2) is 0 Å². The lowest BCUT2D eigenvalue weighted by Crippen LogP contribution is -2.30. The van der Waals surface area contributed by atoms with E-state index < -0.39 is 0 Å². The fraction of sp³-hybridized carbons (Fsp3) is 0.571. The molecule has 0 aliphatic carbocycles. The number of nitrogens with zero attached hydrogens (tertiary/aromatic N) is 2. The Balaban J connectivity index is 2.17. The lowest BCUT2D eigenvalue weighted by Gasteiger charge is -2.31. The minimum Gasteiger partial charge on any atom is -0.371 e. The Kier molecular flexibility index (Phi) is 3.83. The second kappa shape index (κ2) is 5.35. The van der Waals surface area contributed by atoms with E-state index in [1.807, 2.05) is 0 Å². The van der Waals surface area contributed by atoms with Gasteiger partial charge in [0.2, 0.25) is 0 Å². The van der Waals surface area contributed by atoms with Crippen LogP contribution in [0, 0.1) is 0 Å². The van der Waals surface area contributed by atoms with E-state index >= 15 is 0 Å². The Hall–Kier alpha value is -1.02. The van der Waals surface area contributed by atoms with Gasteiger partial charge in [0.25, 0.3) is 0 Å².